The number of rotatable bonds is 4. The third kappa shape index (κ3) is 3.41. The number of aryl methyl sites for hydroxylation is 1. The molecule has 12 heteroatoms. The molecule has 8 nitrogen and oxygen atoms in total. The highest BCUT2D eigenvalue weighted by atomic mass is 32.1. The van der Waals surface area contributed by atoms with E-state index in [4.69, 9.17) is 10.2 Å². The van der Waals surface area contributed by atoms with Crippen LogP contribution in [-0.2, 0) is 13.2 Å². The van der Waals surface area contributed by atoms with E-state index in [1.54, 1.807) is 13.2 Å². The molecular weight excluding hydrogens is 423 g/mol. The van der Waals surface area contributed by atoms with Crippen LogP contribution >= 0.6 is 11.3 Å². The second-order valence-electron chi connectivity index (χ2n) is 6.21. The lowest BCUT2D eigenvalue weighted by Gasteiger charge is -2.10. The molecule has 0 saturated heterocycles. The van der Waals surface area contributed by atoms with Crippen molar-refractivity contribution in [1.29, 1.82) is 0 Å². The second kappa shape index (κ2) is 6.99. The van der Waals surface area contributed by atoms with Gasteiger partial charge in [0.05, 0.1) is 12.0 Å². The fourth-order valence-electron chi connectivity index (χ4n) is 2.88. The minimum atomic E-state index is -4.73. The molecule has 154 valence electrons. The number of primary amides is 1. The van der Waals surface area contributed by atoms with Crippen molar-refractivity contribution < 1.29 is 27.2 Å². The molecule has 0 unspecified atom stereocenters. The van der Waals surface area contributed by atoms with E-state index in [2.05, 4.69) is 15.4 Å². The van der Waals surface area contributed by atoms with Gasteiger partial charge in [0, 0.05) is 24.2 Å². The molecule has 3 N–H and O–H groups in total. The summed E-state index contributed by atoms with van der Waals surface area (Å²) in [6.45, 7) is 0. The SMILES string of the molecule is Cn1ccc(C(=O)Nc2c(C(N)=O)sc3nc(C(F)(F)F)cc(-c4ccco4)c23)n1. The van der Waals surface area contributed by atoms with E-state index in [1.807, 2.05) is 0 Å². The first kappa shape index (κ1) is 19.6. The second-order valence-corrected chi connectivity index (χ2v) is 7.21. The van der Waals surface area contributed by atoms with Crippen LogP contribution in [0.1, 0.15) is 25.9 Å². The summed E-state index contributed by atoms with van der Waals surface area (Å²) in [5.41, 5.74) is 4.26. The van der Waals surface area contributed by atoms with Gasteiger partial charge in [-0.1, -0.05) is 0 Å². The first-order chi connectivity index (χ1) is 14.1. The molecule has 0 aromatic carbocycles. The fourth-order valence-corrected chi connectivity index (χ4v) is 3.88. The average Bonchev–Trinajstić information content (AvgIpc) is 3.40. The van der Waals surface area contributed by atoms with Crippen LogP contribution in [0.4, 0.5) is 18.9 Å². The zero-order valence-corrected chi connectivity index (χ0v) is 16.0. The molecule has 0 bridgehead atoms. The molecule has 0 aliphatic carbocycles. The molecular formula is C18H12F3N5O3S. The zero-order valence-electron chi connectivity index (χ0n) is 15.1. The Balaban J connectivity index is 1.97. The zero-order chi connectivity index (χ0) is 21.6. The standard InChI is InChI=1S/C18H12F3N5O3S/c1-26-5-4-9(25-26)16(28)24-13-12-8(10-3-2-6-29-10)7-11(18(19,20)21)23-17(12)30-14(13)15(22)27/h2-7H,1H3,(H2,22,27)(H,24,28). The molecule has 4 aromatic rings. The van der Waals surface area contributed by atoms with Crippen molar-refractivity contribution >= 4 is 39.1 Å². The number of hydrogen-bond donors (Lipinski definition) is 2. The van der Waals surface area contributed by atoms with E-state index in [0.717, 1.165) is 6.07 Å². The number of nitrogens with zero attached hydrogens (tertiary/aromatic N) is 3. The van der Waals surface area contributed by atoms with Crippen LogP contribution in [0.2, 0.25) is 0 Å². The number of fused-ring (bicyclic) bond motifs is 1. The van der Waals surface area contributed by atoms with Gasteiger partial charge in [-0.2, -0.15) is 18.3 Å². The summed E-state index contributed by atoms with van der Waals surface area (Å²) in [6.07, 6.45) is -1.90. The molecule has 30 heavy (non-hydrogen) atoms. The summed E-state index contributed by atoms with van der Waals surface area (Å²) in [6, 6.07) is 5.21. The lowest BCUT2D eigenvalue weighted by Crippen LogP contribution is -2.17. The molecule has 2 amide bonds. The topological polar surface area (TPSA) is 116 Å². The highest BCUT2D eigenvalue weighted by molar-refractivity contribution is 7.21. The monoisotopic (exact) mass is 435 g/mol. The van der Waals surface area contributed by atoms with Crippen LogP contribution in [0.5, 0.6) is 0 Å². The van der Waals surface area contributed by atoms with Crippen LogP contribution in [0.25, 0.3) is 21.5 Å². The molecule has 0 aliphatic rings. The van der Waals surface area contributed by atoms with Gasteiger partial charge in [0.25, 0.3) is 11.8 Å². The van der Waals surface area contributed by atoms with E-state index in [0.29, 0.717) is 11.3 Å². The molecule has 4 aromatic heterocycles. The minimum absolute atomic E-state index is 0.0115. The summed E-state index contributed by atoms with van der Waals surface area (Å²) in [5.74, 6) is -1.48. The van der Waals surface area contributed by atoms with Crippen LogP contribution < -0.4 is 11.1 Å². The van der Waals surface area contributed by atoms with Gasteiger partial charge < -0.3 is 15.5 Å². The maximum absolute atomic E-state index is 13.4. The van der Waals surface area contributed by atoms with Crippen molar-refractivity contribution in [3.8, 4) is 11.3 Å². The van der Waals surface area contributed by atoms with Gasteiger partial charge in [0.2, 0.25) is 0 Å². The van der Waals surface area contributed by atoms with E-state index in [-0.39, 0.29) is 37.8 Å². The number of carbonyl (C=O) groups is 2. The third-order valence-electron chi connectivity index (χ3n) is 4.15. The summed E-state index contributed by atoms with van der Waals surface area (Å²) in [4.78, 5) is 28.0. The predicted octanol–water partition coefficient (Wildman–Crippen LogP) is 3.66. The number of carbonyl (C=O) groups excluding carboxylic acids is 2. The van der Waals surface area contributed by atoms with Crippen molar-refractivity contribution in [1.82, 2.24) is 14.8 Å². The summed E-state index contributed by atoms with van der Waals surface area (Å²) in [7, 11) is 1.61. The van der Waals surface area contributed by atoms with E-state index < -0.39 is 23.7 Å². The van der Waals surface area contributed by atoms with Gasteiger partial charge in [-0.15, -0.1) is 11.3 Å². The molecule has 0 fully saturated rings. The molecule has 0 radical (unpaired) electrons. The smallest absolute Gasteiger partial charge is 0.433 e. The number of thiophene rings is 1. The first-order valence-electron chi connectivity index (χ1n) is 8.34. The lowest BCUT2D eigenvalue weighted by molar-refractivity contribution is -0.140. The van der Waals surface area contributed by atoms with E-state index in [9.17, 15) is 22.8 Å². The number of hydrogen-bond acceptors (Lipinski definition) is 6. The van der Waals surface area contributed by atoms with Crippen molar-refractivity contribution in [2.75, 3.05) is 5.32 Å². The Bertz CT molecular complexity index is 1270. The quantitative estimate of drug-likeness (QED) is 0.508. The largest absolute Gasteiger partial charge is 0.464 e. The molecule has 0 atom stereocenters. The van der Waals surface area contributed by atoms with E-state index in [1.165, 1.54) is 29.1 Å². The molecule has 0 spiro atoms. The number of nitrogens with two attached hydrogens (primary N) is 1. The number of alkyl halides is 3. The maximum Gasteiger partial charge on any atom is 0.433 e. The van der Waals surface area contributed by atoms with Crippen molar-refractivity contribution in [2.24, 2.45) is 12.8 Å². The number of halogens is 3. The van der Waals surface area contributed by atoms with Gasteiger partial charge in [0.15, 0.2) is 5.69 Å². The fraction of sp³-hybridized carbons (Fsp3) is 0.111. The van der Waals surface area contributed by atoms with Gasteiger partial charge in [-0.3, -0.25) is 14.3 Å². The Kier molecular flexibility index (Phi) is 4.57. The summed E-state index contributed by atoms with van der Waals surface area (Å²) >= 11 is 0.648. The molecule has 0 saturated carbocycles. The van der Waals surface area contributed by atoms with Crippen molar-refractivity contribution in [3.05, 3.63) is 53.0 Å². The summed E-state index contributed by atoms with van der Waals surface area (Å²) in [5, 5.41) is 6.62. The number of furan rings is 1. The maximum atomic E-state index is 13.4. The Morgan fingerprint density at radius 2 is 2.07 bits per heavy atom. The van der Waals surface area contributed by atoms with Gasteiger partial charge in [-0.25, -0.2) is 4.98 Å². The van der Waals surface area contributed by atoms with Crippen molar-refractivity contribution in [2.45, 2.75) is 6.18 Å². The highest BCUT2D eigenvalue weighted by Crippen LogP contribution is 2.43. The number of aromatic nitrogens is 3. The molecule has 4 heterocycles. The Hall–Kier alpha value is -3.67. The predicted molar refractivity (Wildman–Crippen MR) is 102 cm³/mol. The highest BCUT2D eigenvalue weighted by Gasteiger charge is 2.35. The number of pyridine rings is 1. The average molecular weight is 435 g/mol. The minimum Gasteiger partial charge on any atom is -0.464 e. The van der Waals surface area contributed by atoms with Crippen LogP contribution in [0.3, 0.4) is 0 Å². The first-order valence-corrected chi connectivity index (χ1v) is 9.16. The lowest BCUT2D eigenvalue weighted by atomic mass is 10.1. The number of nitrogens with one attached hydrogen (secondary N) is 1. The molecule has 4 rings (SSSR count). The molecule has 0 aliphatic heterocycles. The van der Waals surface area contributed by atoms with Gasteiger partial charge >= 0.3 is 6.18 Å². The van der Waals surface area contributed by atoms with Gasteiger partial charge in [0.1, 0.15) is 21.2 Å². The normalized spacial score (nSPS) is 11.7. The summed E-state index contributed by atoms with van der Waals surface area (Å²) < 4.78 is 46.8. The van der Waals surface area contributed by atoms with Gasteiger partial charge in [-0.05, 0) is 24.3 Å². The Morgan fingerprint density at radius 3 is 2.63 bits per heavy atom. The van der Waals surface area contributed by atoms with E-state index >= 15 is 0 Å². The van der Waals surface area contributed by atoms with Crippen LogP contribution in [0.15, 0.2) is 41.1 Å². The Morgan fingerprint density at radius 1 is 1.30 bits per heavy atom. The van der Waals surface area contributed by atoms with Crippen LogP contribution in [0, 0.1) is 0 Å². The Labute approximate surface area is 170 Å². The third-order valence-corrected chi connectivity index (χ3v) is 5.25. The van der Waals surface area contributed by atoms with Crippen LogP contribution in [-0.4, -0.2) is 26.6 Å². The number of amides is 2. The number of anilines is 1. The van der Waals surface area contributed by atoms with Crippen molar-refractivity contribution in [3.63, 3.8) is 0 Å².